The van der Waals surface area contributed by atoms with Crippen molar-refractivity contribution in [1.82, 2.24) is 20.2 Å². The molecule has 3 rings (SSSR count). The van der Waals surface area contributed by atoms with Gasteiger partial charge in [0.15, 0.2) is 23.6 Å². The molecule has 1 atom stereocenters. The summed E-state index contributed by atoms with van der Waals surface area (Å²) < 4.78 is 46.7. The van der Waals surface area contributed by atoms with Crippen LogP contribution in [0.3, 0.4) is 0 Å². The third-order valence-electron chi connectivity index (χ3n) is 3.41. The van der Waals surface area contributed by atoms with Gasteiger partial charge in [0.05, 0.1) is 11.4 Å². The number of amides is 1. The van der Waals surface area contributed by atoms with Crippen LogP contribution in [-0.2, 0) is 4.79 Å². The lowest BCUT2D eigenvalue weighted by Crippen LogP contribution is -2.30. The first-order valence-electron chi connectivity index (χ1n) is 7.40. The molecule has 1 aromatic heterocycles. The molecule has 0 saturated carbocycles. The van der Waals surface area contributed by atoms with E-state index in [-0.39, 0.29) is 0 Å². The smallest absolute Gasteiger partial charge is 0.265 e. The highest BCUT2D eigenvalue weighted by atomic mass is 19.2. The molecule has 0 radical (unpaired) electrons. The second kappa shape index (κ2) is 7.21. The molecule has 0 aliphatic carbocycles. The zero-order valence-corrected chi connectivity index (χ0v) is 13.4. The van der Waals surface area contributed by atoms with Crippen molar-refractivity contribution in [2.24, 2.45) is 0 Å². The number of hydrogen-bond acceptors (Lipinski definition) is 5. The second-order valence-electron chi connectivity index (χ2n) is 5.22. The van der Waals surface area contributed by atoms with E-state index in [1.165, 1.54) is 17.9 Å². The third-order valence-corrected chi connectivity index (χ3v) is 3.41. The van der Waals surface area contributed by atoms with Crippen LogP contribution >= 0.6 is 0 Å². The summed E-state index contributed by atoms with van der Waals surface area (Å²) in [5, 5.41) is 12.9. The Balaban J connectivity index is 1.70. The summed E-state index contributed by atoms with van der Waals surface area (Å²) >= 11 is 0. The molecule has 26 heavy (non-hydrogen) atoms. The van der Waals surface area contributed by atoms with Crippen molar-refractivity contribution in [2.75, 3.05) is 5.32 Å². The Labute approximate surface area is 145 Å². The van der Waals surface area contributed by atoms with Crippen molar-refractivity contribution in [3.8, 4) is 11.4 Å². The molecule has 1 heterocycles. The van der Waals surface area contributed by atoms with Gasteiger partial charge in [0.2, 0.25) is 0 Å². The fraction of sp³-hybridized carbons (Fsp3) is 0.125. The lowest BCUT2D eigenvalue weighted by molar-refractivity contribution is -0.122. The number of halogens is 3. The number of nitrogens with zero attached hydrogens (tertiary/aromatic N) is 4. The van der Waals surface area contributed by atoms with E-state index in [0.717, 1.165) is 12.1 Å². The fourth-order valence-corrected chi connectivity index (χ4v) is 2.09. The van der Waals surface area contributed by atoms with Crippen LogP contribution in [0, 0.1) is 17.5 Å². The summed E-state index contributed by atoms with van der Waals surface area (Å²) in [7, 11) is 0. The van der Waals surface area contributed by atoms with Gasteiger partial charge in [-0.05, 0) is 41.6 Å². The maximum absolute atomic E-state index is 13.6. The van der Waals surface area contributed by atoms with Crippen LogP contribution in [0.25, 0.3) is 5.69 Å². The van der Waals surface area contributed by atoms with Gasteiger partial charge in [-0.15, -0.1) is 5.10 Å². The minimum Gasteiger partial charge on any atom is -0.481 e. The van der Waals surface area contributed by atoms with E-state index in [1.807, 2.05) is 0 Å². The van der Waals surface area contributed by atoms with Crippen molar-refractivity contribution in [2.45, 2.75) is 13.0 Å². The molecule has 0 spiro atoms. The predicted octanol–water partition coefficient (Wildman–Crippen LogP) is 2.49. The molecule has 0 bridgehead atoms. The maximum atomic E-state index is 13.6. The van der Waals surface area contributed by atoms with E-state index in [2.05, 4.69) is 20.8 Å². The lowest BCUT2D eigenvalue weighted by atomic mass is 10.2. The topological polar surface area (TPSA) is 81.9 Å². The number of benzene rings is 2. The number of ether oxygens (including phenoxy) is 1. The first-order valence-corrected chi connectivity index (χ1v) is 7.40. The van der Waals surface area contributed by atoms with Crippen LogP contribution in [0.4, 0.5) is 18.9 Å². The normalized spacial score (nSPS) is 11.8. The summed E-state index contributed by atoms with van der Waals surface area (Å²) in [5.41, 5.74) is 0.124. The zero-order chi connectivity index (χ0) is 18.7. The highest BCUT2D eigenvalue weighted by molar-refractivity contribution is 5.94. The zero-order valence-electron chi connectivity index (χ0n) is 13.4. The van der Waals surface area contributed by atoms with E-state index in [0.29, 0.717) is 11.4 Å². The molecule has 0 unspecified atom stereocenters. The number of carbonyl (C=O) groups is 1. The molecule has 134 valence electrons. The molecule has 1 N–H and O–H groups in total. The molecule has 0 fully saturated rings. The quantitative estimate of drug-likeness (QED) is 0.705. The van der Waals surface area contributed by atoms with Gasteiger partial charge >= 0.3 is 0 Å². The minimum absolute atomic E-state index is 0.339. The molecule has 3 aromatic rings. The molecular formula is C16H12F3N5O2. The van der Waals surface area contributed by atoms with Crippen LogP contribution in [-0.4, -0.2) is 32.2 Å². The van der Waals surface area contributed by atoms with Crippen molar-refractivity contribution < 1.29 is 22.7 Å². The molecule has 2 aromatic carbocycles. The Hall–Kier alpha value is -3.43. The minimum atomic E-state index is -1.66. The van der Waals surface area contributed by atoms with Gasteiger partial charge < -0.3 is 10.1 Å². The molecule has 0 saturated heterocycles. The second-order valence-corrected chi connectivity index (χ2v) is 5.22. The molecule has 0 aliphatic rings. The number of nitrogens with one attached hydrogen (secondary N) is 1. The average Bonchev–Trinajstić information content (AvgIpc) is 3.17. The lowest BCUT2D eigenvalue weighted by Gasteiger charge is -2.15. The summed E-state index contributed by atoms with van der Waals surface area (Å²) in [4.78, 5) is 12.1. The van der Waals surface area contributed by atoms with Crippen molar-refractivity contribution in [1.29, 1.82) is 0 Å². The molecule has 0 aliphatic heterocycles. The Morgan fingerprint density at radius 3 is 2.73 bits per heavy atom. The van der Waals surface area contributed by atoms with Gasteiger partial charge in [-0.1, -0.05) is 6.07 Å². The van der Waals surface area contributed by atoms with E-state index in [4.69, 9.17) is 4.74 Å². The van der Waals surface area contributed by atoms with Gasteiger partial charge in [-0.2, -0.15) is 0 Å². The largest absolute Gasteiger partial charge is 0.481 e. The summed E-state index contributed by atoms with van der Waals surface area (Å²) in [6, 6.07) is 8.25. The SMILES string of the molecule is C[C@@H](Oc1cccc(-n2cnnn2)c1)C(=O)Nc1ccc(F)c(F)c1F. The van der Waals surface area contributed by atoms with Crippen molar-refractivity contribution >= 4 is 11.6 Å². The summed E-state index contributed by atoms with van der Waals surface area (Å²) in [5.74, 6) is -4.88. The van der Waals surface area contributed by atoms with Crippen LogP contribution in [0.1, 0.15) is 6.92 Å². The van der Waals surface area contributed by atoms with Gasteiger partial charge in [-0.25, -0.2) is 17.9 Å². The van der Waals surface area contributed by atoms with E-state index >= 15 is 0 Å². The van der Waals surface area contributed by atoms with Gasteiger partial charge in [0.25, 0.3) is 5.91 Å². The average molecular weight is 363 g/mol. The van der Waals surface area contributed by atoms with E-state index in [9.17, 15) is 18.0 Å². The first-order chi connectivity index (χ1) is 12.5. The van der Waals surface area contributed by atoms with E-state index < -0.39 is 35.2 Å². The Kier molecular flexibility index (Phi) is 4.83. The highest BCUT2D eigenvalue weighted by Crippen LogP contribution is 2.21. The Morgan fingerprint density at radius 2 is 2.00 bits per heavy atom. The summed E-state index contributed by atoms with van der Waals surface area (Å²) in [6.07, 6.45) is 0.354. The molecule has 1 amide bonds. The van der Waals surface area contributed by atoms with Crippen molar-refractivity contribution in [3.63, 3.8) is 0 Å². The van der Waals surface area contributed by atoms with Crippen molar-refractivity contribution in [3.05, 3.63) is 60.2 Å². The van der Waals surface area contributed by atoms with Gasteiger partial charge in [0.1, 0.15) is 12.1 Å². The Morgan fingerprint density at radius 1 is 1.19 bits per heavy atom. The highest BCUT2D eigenvalue weighted by Gasteiger charge is 2.19. The van der Waals surface area contributed by atoms with Crippen LogP contribution in [0.15, 0.2) is 42.7 Å². The third kappa shape index (κ3) is 3.63. The number of tetrazole rings is 1. The number of carbonyl (C=O) groups excluding carboxylic acids is 1. The Bertz CT molecular complexity index is 934. The van der Waals surface area contributed by atoms with Crippen LogP contribution in [0.2, 0.25) is 0 Å². The van der Waals surface area contributed by atoms with E-state index in [1.54, 1.807) is 24.3 Å². The van der Waals surface area contributed by atoms with Gasteiger partial charge in [0, 0.05) is 6.07 Å². The molecule has 10 heteroatoms. The number of hydrogen-bond donors (Lipinski definition) is 1. The summed E-state index contributed by atoms with van der Waals surface area (Å²) in [6.45, 7) is 1.43. The van der Waals surface area contributed by atoms with Crippen LogP contribution in [0.5, 0.6) is 5.75 Å². The predicted molar refractivity (Wildman–Crippen MR) is 84.2 cm³/mol. The fourth-order valence-electron chi connectivity index (χ4n) is 2.09. The standard InChI is InChI=1S/C16H12F3N5O2/c1-9(16(25)21-13-6-5-12(17)14(18)15(13)19)26-11-4-2-3-10(7-11)24-8-20-22-23-24/h2-9H,1H3,(H,21,25)/t9-/m1/s1. The maximum Gasteiger partial charge on any atom is 0.265 e. The monoisotopic (exact) mass is 363 g/mol. The number of anilines is 1. The number of aromatic nitrogens is 4. The van der Waals surface area contributed by atoms with Crippen LogP contribution < -0.4 is 10.1 Å². The van der Waals surface area contributed by atoms with Gasteiger partial charge in [-0.3, -0.25) is 4.79 Å². The molecule has 7 nitrogen and oxygen atoms in total. The number of rotatable bonds is 5. The molecular weight excluding hydrogens is 351 g/mol. The first kappa shape index (κ1) is 17.4.